The van der Waals surface area contributed by atoms with E-state index in [1.165, 1.54) is 5.56 Å². The van der Waals surface area contributed by atoms with Crippen molar-refractivity contribution in [1.82, 2.24) is 4.90 Å². The van der Waals surface area contributed by atoms with Gasteiger partial charge in [-0.1, -0.05) is 60.2 Å². The number of aryl methyl sites for hydroxylation is 1. The zero-order chi connectivity index (χ0) is 15.5. The molecule has 2 aromatic rings. The largest absolute Gasteiger partial charge is 0.340 e. The van der Waals surface area contributed by atoms with Crippen LogP contribution in [0.25, 0.3) is 0 Å². The van der Waals surface area contributed by atoms with Crippen molar-refractivity contribution in [2.45, 2.75) is 25.9 Å². The minimum Gasteiger partial charge on any atom is -0.340 e. The molecule has 2 aromatic carbocycles. The number of nitrogens with two attached hydrogens (primary N) is 1. The first-order chi connectivity index (χ1) is 9.91. The van der Waals surface area contributed by atoms with Crippen LogP contribution in [0.2, 0.25) is 0 Å². The van der Waals surface area contributed by atoms with Gasteiger partial charge in [0, 0.05) is 13.6 Å². The first-order valence-electron chi connectivity index (χ1n) is 7.07. The molecule has 3 nitrogen and oxygen atoms in total. The fourth-order valence-corrected chi connectivity index (χ4v) is 2.34. The van der Waals surface area contributed by atoms with Gasteiger partial charge in [-0.25, -0.2) is 0 Å². The Labute approximate surface area is 126 Å². The summed E-state index contributed by atoms with van der Waals surface area (Å²) in [4.78, 5) is 14.3. The van der Waals surface area contributed by atoms with Crippen LogP contribution in [0.15, 0.2) is 54.6 Å². The standard InChI is InChI=1S/C18H22N2O/c1-14-9-11-15(12-10-14)13-20(3)17(21)18(2,19)16-7-5-4-6-8-16/h4-12H,13,19H2,1-3H3. The van der Waals surface area contributed by atoms with Crippen LogP contribution in [-0.2, 0) is 16.9 Å². The molecule has 0 heterocycles. The second-order valence-electron chi connectivity index (χ2n) is 5.72. The minimum absolute atomic E-state index is 0.0886. The molecule has 0 saturated heterocycles. The Hall–Kier alpha value is -2.13. The van der Waals surface area contributed by atoms with Crippen molar-refractivity contribution in [3.8, 4) is 0 Å². The van der Waals surface area contributed by atoms with Crippen molar-refractivity contribution < 1.29 is 4.79 Å². The molecule has 2 rings (SSSR count). The Morgan fingerprint density at radius 3 is 2.24 bits per heavy atom. The van der Waals surface area contributed by atoms with Gasteiger partial charge in [0.1, 0.15) is 5.54 Å². The molecule has 1 atom stereocenters. The monoisotopic (exact) mass is 282 g/mol. The third kappa shape index (κ3) is 3.50. The molecular formula is C18H22N2O. The summed E-state index contributed by atoms with van der Waals surface area (Å²) in [5, 5.41) is 0. The van der Waals surface area contributed by atoms with E-state index in [0.29, 0.717) is 6.54 Å². The fraction of sp³-hybridized carbons (Fsp3) is 0.278. The average Bonchev–Trinajstić information content (AvgIpc) is 2.49. The van der Waals surface area contributed by atoms with E-state index < -0.39 is 5.54 Å². The van der Waals surface area contributed by atoms with Gasteiger partial charge in [-0.15, -0.1) is 0 Å². The molecule has 0 aliphatic heterocycles. The van der Waals surface area contributed by atoms with Gasteiger partial charge < -0.3 is 10.6 Å². The van der Waals surface area contributed by atoms with Crippen LogP contribution in [0.4, 0.5) is 0 Å². The van der Waals surface area contributed by atoms with E-state index >= 15 is 0 Å². The summed E-state index contributed by atoms with van der Waals surface area (Å²) in [5.41, 5.74) is 8.39. The highest BCUT2D eigenvalue weighted by atomic mass is 16.2. The van der Waals surface area contributed by atoms with Crippen molar-refractivity contribution in [2.24, 2.45) is 5.73 Å². The number of hydrogen-bond acceptors (Lipinski definition) is 2. The van der Waals surface area contributed by atoms with E-state index in [1.807, 2.05) is 61.5 Å². The van der Waals surface area contributed by atoms with Crippen LogP contribution >= 0.6 is 0 Å². The summed E-state index contributed by atoms with van der Waals surface area (Å²) in [5.74, 6) is -0.0886. The predicted molar refractivity (Wildman–Crippen MR) is 85.6 cm³/mol. The molecule has 0 aliphatic carbocycles. The summed E-state index contributed by atoms with van der Waals surface area (Å²) in [7, 11) is 1.79. The number of carbonyl (C=O) groups excluding carboxylic acids is 1. The van der Waals surface area contributed by atoms with Crippen molar-refractivity contribution >= 4 is 5.91 Å². The normalized spacial score (nSPS) is 13.5. The number of hydrogen-bond donors (Lipinski definition) is 1. The first-order valence-corrected chi connectivity index (χ1v) is 7.07. The Kier molecular flexibility index (Phi) is 4.43. The van der Waals surface area contributed by atoms with E-state index in [0.717, 1.165) is 11.1 Å². The summed E-state index contributed by atoms with van der Waals surface area (Å²) >= 11 is 0. The Morgan fingerprint density at radius 1 is 1.10 bits per heavy atom. The van der Waals surface area contributed by atoms with Crippen LogP contribution in [0, 0.1) is 6.92 Å². The smallest absolute Gasteiger partial charge is 0.247 e. The highest BCUT2D eigenvalue weighted by molar-refractivity contribution is 5.86. The van der Waals surface area contributed by atoms with Crippen molar-refractivity contribution in [3.63, 3.8) is 0 Å². The minimum atomic E-state index is -1.01. The molecule has 0 saturated carbocycles. The summed E-state index contributed by atoms with van der Waals surface area (Å²) in [6, 6.07) is 17.7. The molecule has 110 valence electrons. The topological polar surface area (TPSA) is 46.3 Å². The van der Waals surface area contributed by atoms with E-state index in [2.05, 4.69) is 0 Å². The summed E-state index contributed by atoms with van der Waals surface area (Å²) in [6.45, 7) is 4.36. The lowest BCUT2D eigenvalue weighted by atomic mass is 9.91. The van der Waals surface area contributed by atoms with E-state index in [1.54, 1.807) is 18.9 Å². The molecule has 0 bridgehead atoms. The van der Waals surface area contributed by atoms with Gasteiger partial charge in [0.15, 0.2) is 0 Å². The lowest BCUT2D eigenvalue weighted by molar-refractivity contribution is -0.136. The molecule has 21 heavy (non-hydrogen) atoms. The highest BCUT2D eigenvalue weighted by Gasteiger charge is 2.32. The molecule has 1 unspecified atom stereocenters. The summed E-state index contributed by atoms with van der Waals surface area (Å²) in [6.07, 6.45) is 0. The number of amides is 1. The molecule has 2 N–H and O–H groups in total. The maximum Gasteiger partial charge on any atom is 0.247 e. The van der Waals surface area contributed by atoms with Gasteiger partial charge >= 0.3 is 0 Å². The van der Waals surface area contributed by atoms with E-state index in [4.69, 9.17) is 5.73 Å². The molecule has 0 spiro atoms. The second-order valence-corrected chi connectivity index (χ2v) is 5.72. The van der Waals surface area contributed by atoms with Gasteiger partial charge in [0.05, 0.1) is 0 Å². The number of rotatable bonds is 4. The van der Waals surface area contributed by atoms with E-state index in [9.17, 15) is 4.79 Å². The number of likely N-dealkylation sites (N-methyl/N-ethyl adjacent to an activating group) is 1. The van der Waals surface area contributed by atoms with Crippen LogP contribution in [0.5, 0.6) is 0 Å². The van der Waals surface area contributed by atoms with Crippen LogP contribution < -0.4 is 5.73 Å². The van der Waals surface area contributed by atoms with Crippen molar-refractivity contribution in [3.05, 3.63) is 71.3 Å². The Bertz CT molecular complexity index is 603. The van der Waals surface area contributed by atoms with Gasteiger partial charge in [0.2, 0.25) is 5.91 Å². The molecule has 3 heteroatoms. The fourth-order valence-electron chi connectivity index (χ4n) is 2.34. The number of benzene rings is 2. The summed E-state index contributed by atoms with van der Waals surface area (Å²) < 4.78 is 0. The lowest BCUT2D eigenvalue weighted by Gasteiger charge is -2.29. The quantitative estimate of drug-likeness (QED) is 0.937. The molecule has 1 amide bonds. The highest BCUT2D eigenvalue weighted by Crippen LogP contribution is 2.20. The van der Waals surface area contributed by atoms with Gasteiger partial charge in [-0.2, -0.15) is 0 Å². The number of nitrogens with zero attached hydrogens (tertiary/aromatic N) is 1. The SMILES string of the molecule is Cc1ccc(CN(C)C(=O)C(C)(N)c2ccccc2)cc1. The third-order valence-electron chi connectivity index (χ3n) is 3.70. The van der Waals surface area contributed by atoms with E-state index in [-0.39, 0.29) is 5.91 Å². The van der Waals surface area contributed by atoms with Crippen LogP contribution in [0.3, 0.4) is 0 Å². The zero-order valence-corrected chi connectivity index (χ0v) is 12.8. The molecule has 0 aliphatic rings. The van der Waals surface area contributed by atoms with Gasteiger partial charge in [-0.3, -0.25) is 4.79 Å². The third-order valence-corrected chi connectivity index (χ3v) is 3.70. The number of carbonyl (C=O) groups is 1. The molecule has 0 fully saturated rings. The maximum absolute atomic E-state index is 12.6. The molecular weight excluding hydrogens is 260 g/mol. The molecule has 0 radical (unpaired) electrons. The van der Waals surface area contributed by atoms with Crippen LogP contribution in [-0.4, -0.2) is 17.9 Å². The van der Waals surface area contributed by atoms with Crippen LogP contribution in [0.1, 0.15) is 23.6 Å². The first kappa shape index (κ1) is 15.3. The van der Waals surface area contributed by atoms with Crippen molar-refractivity contribution in [1.29, 1.82) is 0 Å². The molecule has 0 aromatic heterocycles. The van der Waals surface area contributed by atoms with Crippen molar-refractivity contribution in [2.75, 3.05) is 7.05 Å². The average molecular weight is 282 g/mol. The predicted octanol–water partition coefficient (Wildman–Crippen LogP) is 2.83. The zero-order valence-electron chi connectivity index (χ0n) is 12.8. The van der Waals surface area contributed by atoms with Gasteiger partial charge in [0.25, 0.3) is 0 Å². The Morgan fingerprint density at radius 2 is 1.67 bits per heavy atom. The van der Waals surface area contributed by atoms with Gasteiger partial charge in [-0.05, 0) is 25.0 Å². The maximum atomic E-state index is 12.6. The second kappa shape index (κ2) is 6.10. The Balaban J connectivity index is 2.13. The lowest BCUT2D eigenvalue weighted by Crippen LogP contribution is -2.49.